The molecule has 0 bridgehead atoms. The Balaban J connectivity index is 2.91. The highest BCUT2D eigenvalue weighted by Gasteiger charge is 2.33. The fraction of sp³-hybridized carbons (Fsp3) is 0.467. The van der Waals surface area contributed by atoms with Gasteiger partial charge in [0, 0.05) is 15.9 Å². The van der Waals surface area contributed by atoms with E-state index in [0.29, 0.717) is 0 Å². The van der Waals surface area contributed by atoms with E-state index in [1.54, 1.807) is 18.7 Å². The van der Waals surface area contributed by atoms with Crippen LogP contribution in [-0.4, -0.2) is 17.0 Å². The van der Waals surface area contributed by atoms with E-state index in [2.05, 4.69) is 11.8 Å². The highest BCUT2D eigenvalue weighted by molar-refractivity contribution is 7.98. The number of hydrogen-bond donors (Lipinski definition) is 1. The Labute approximate surface area is 109 Å². The molecule has 1 N–H and O–H groups in total. The van der Waals surface area contributed by atoms with Crippen molar-refractivity contribution >= 4 is 11.8 Å². The van der Waals surface area contributed by atoms with Crippen molar-refractivity contribution < 1.29 is 5.11 Å². The van der Waals surface area contributed by atoms with Gasteiger partial charge in [-0.1, -0.05) is 32.6 Å². The molecule has 2 heteroatoms. The van der Waals surface area contributed by atoms with Crippen molar-refractivity contribution in [3.05, 3.63) is 29.8 Å². The maximum atomic E-state index is 10.2. The quantitative estimate of drug-likeness (QED) is 0.606. The first-order valence-electron chi connectivity index (χ1n) is 5.66. The number of benzene rings is 1. The summed E-state index contributed by atoms with van der Waals surface area (Å²) in [7, 11) is 0. The number of rotatable bonds is 1. The van der Waals surface area contributed by atoms with Gasteiger partial charge in [-0.05, 0) is 37.4 Å². The van der Waals surface area contributed by atoms with Gasteiger partial charge in [0.15, 0.2) is 0 Å². The van der Waals surface area contributed by atoms with Crippen LogP contribution in [0.4, 0.5) is 0 Å². The lowest BCUT2D eigenvalue weighted by atomic mass is 9.78. The van der Waals surface area contributed by atoms with Crippen molar-refractivity contribution in [1.82, 2.24) is 0 Å². The molecular weight excluding hydrogens is 228 g/mol. The van der Waals surface area contributed by atoms with Gasteiger partial charge in [0.25, 0.3) is 0 Å². The Hall–Kier alpha value is -0.910. The van der Waals surface area contributed by atoms with Gasteiger partial charge in [0.2, 0.25) is 0 Å². The fourth-order valence-corrected chi connectivity index (χ4v) is 1.46. The van der Waals surface area contributed by atoms with Gasteiger partial charge in [-0.15, -0.1) is 11.8 Å². The van der Waals surface area contributed by atoms with Gasteiger partial charge >= 0.3 is 0 Å². The molecule has 0 fully saturated rings. The van der Waals surface area contributed by atoms with Crippen LogP contribution in [0.2, 0.25) is 0 Å². The minimum atomic E-state index is -0.981. The maximum absolute atomic E-state index is 10.2. The topological polar surface area (TPSA) is 20.2 Å². The van der Waals surface area contributed by atoms with Gasteiger partial charge in [-0.25, -0.2) is 0 Å². The zero-order valence-electron chi connectivity index (χ0n) is 11.2. The zero-order valence-corrected chi connectivity index (χ0v) is 12.0. The number of thioether (sulfide) groups is 1. The summed E-state index contributed by atoms with van der Waals surface area (Å²) in [5.74, 6) is 5.98. The predicted octanol–water partition coefficient (Wildman–Crippen LogP) is 3.56. The third-order valence-electron chi connectivity index (χ3n) is 3.00. The fourth-order valence-electron chi connectivity index (χ4n) is 1.06. The second-order valence-corrected chi connectivity index (χ2v) is 6.18. The van der Waals surface area contributed by atoms with E-state index in [1.165, 1.54) is 4.90 Å². The molecule has 0 saturated heterocycles. The molecule has 1 aromatic rings. The summed E-state index contributed by atoms with van der Waals surface area (Å²) < 4.78 is 0. The molecule has 17 heavy (non-hydrogen) atoms. The van der Waals surface area contributed by atoms with Crippen LogP contribution in [0.25, 0.3) is 0 Å². The van der Waals surface area contributed by atoms with Crippen LogP contribution in [0.3, 0.4) is 0 Å². The first-order chi connectivity index (χ1) is 7.76. The summed E-state index contributed by atoms with van der Waals surface area (Å²) in [4.78, 5) is 1.22. The standard InChI is InChI=1S/C15H20OS/c1-14(2,3)15(4,16)11-10-12-6-8-13(17-5)9-7-12/h6-9,16H,1-5H3. The Morgan fingerprint density at radius 3 is 2.00 bits per heavy atom. The zero-order chi connectivity index (χ0) is 13.1. The molecule has 1 rings (SSSR count). The van der Waals surface area contributed by atoms with Gasteiger partial charge in [0.1, 0.15) is 5.60 Å². The number of aliphatic hydroxyl groups is 1. The van der Waals surface area contributed by atoms with Crippen LogP contribution < -0.4 is 0 Å². The summed E-state index contributed by atoms with van der Waals surface area (Å²) in [6.07, 6.45) is 2.05. The molecule has 92 valence electrons. The molecule has 0 aliphatic heterocycles. The molecule has 0 amide bonds. The van der Waals surface area contributed by atoms with Crippen LogP contribution in [0.5, 0.6) is 0 Å². The van der Waals surface area contributed by atoms with Gasteiger partial charge in [-0.2, -0.15) is 0 Å². The molecule has 1 nitrogen and oxygen atoms in total. The Morgan fingerprint density at radius 1 is 1.06 bits per heavy atom. The van der Waals surface area contributed by atoms with E-state index in [4.69, 9.17) is 0 Å². The van der Waals surface area contributed by atoms with E-state index >= 15 is 0 Å². The number of hydrogen-bond acceptors (Lipinski definition) is 2. The SMILES string of the molecule is CSc1ccc(C#CC(C)(O)C(C)(C)C)cc1. The molecule has 0 aliphatic rings. The summed E-state index contributed by atoms with van der Waals surface area (Å²) in [6, 6.07) is 8.05. The third-order valence-corrected chi connectivity index (χ3v) is 3.74. The largest absolute Gasteiger partial charge is 0.377 e. The van der Waals surface area contributed by atoms with Gasteiger partial charge in [0.05, 0.1) is 0 Å². The Bertz CT molecular complexity index is 427. The van der Waals surface area contributed by atoms with Gasteiger partial charge in [-0.3, -0.25) is 0 Å². The van der Waals surface area contributed by atoms with Crippen LogP contribution >= 0.6 is 11.8 Å². The lowest BCUT2D eigenvalue weighted by Crippen LogP contribution is -2.38. The van der Waals surface area contributed by atoms with Crippen LogP contribution in [0.1, 0.15) is 33.3 Å². The van der Waals surface area contributed by atoms with Gasteiger partial charge < -0.3 is 5.11 Å². The lowest BCUT2D eigenvalue weighted by Gasteiger charge is -2.32. The van der Waals surface area contributed by atoms with Crippen LogP contribution in [0.15, 0.2) is 29.2 Å². The highest BCUT2D eigenvalue weighted by Crippen LogP contribution is 2.29. The monoisotopic (exact) mass is 248 g/mol. The normalized spacial score (nSPS) is 14.7. The Kier molecular flexibility index (Phi) is 4.30. The molecule has 0 spiro atoms. The third kappa shape index (κ3) is 3.80. The highest BCUT2D eigenvalue weighted by atomic mass is 32.2. The van der Waals surface area contributed by atoms with E-state index in [0.717, 1.165) is 5.56 Å². The molecule has 1 atom stereocenters. The van der Waals surface area contributed by atoms with Crippen molar-refractivity contribution in [1.29, 1.82) is 0 Å². The summed E-state index contributed by atoms with van der Waals surface area (Å²) in [5, 5.41) is 10.2. The second kappa shape index (κ2) is 5.16. The second-order valence-electron chi connectivity index (χ2n) is 5.30. The predicted molar refractivity (Wildman–Crippen MR) is 75.2 cm³/mol. The first kappa shape index (κ1) is 14.2. The molecule has 1 unspecified atom stereocenters. The minimum absolute atomic E-state index is 0.251. The molecule has 1 aromatic carbocycles. The van der Waals surface area contributed by atoms with E-state index in [-0.39, 0.29) is 5.41 Å². The minimum Gasteiger partial charge on any atom is -0.377 e. The maximum Gasteiger partial charge on any atom is 0.127 e. The van der Waals surface area contributed by atoms with Crippen molar-refractivity contribution in [3.8, 4) is 11.8 Å². The molecule has 0 saturated carbocycles. The van der Waals surface area contributed by atoms with E-state index in [9.17, 15) is 5.11 Å². The first-order valence-corrected chi connectivity index (χ1v) is 6.88. The van der Waals surface area contributed by atoms with Crippen molar-refractivity contribution in [2.24, 2.45) is 5.41 Å². The summed E-state index contributed by atoms with van der Waals surface area (Å²) in [5.41, 5.74) is -0.294. The lowest BCUT2D eigenvalue weighted by molar-refractivity contribution is 0.0129. The average Bonchev–Trinajstić information content (AvgIpc) is 2.25. The summed E-state index contributed by atoms with van der Waals surface area (Å²) >= 11 is 1.71. The van der Waals surface area contributed by atoms with Crippen molar-refractivity contribution in [2.75, 3.05) is 6.26 Å². The molecule has 0 radical (unpaired) electrons. The van der Waals surface area contributed by atoms with E-state index < -0.39 is 5.60 Å². The average molecular weight is 248 g/mol. The van der Waals surface area contributed by atoms with Crippen molar-refractivity contribution in [2.45, 2.75) is 38.2 Å². The van der Waals surface area contributed by atoms with Crippen LogP contribution in [0, 0.1) is 17.3 Å². The van der Waals surface area contributed by atoms with E-state index in [1.807, 2.05) is 51.3 Å². The van der Waals surface area contributed by atoms with Crippen LogP contribution in [-0.2, 0) is 0 Å². The smallest absolute Gasteiger partial charge is 0.127 e. The van der Waals surface area contributed by atoms with Crippen molar-refractivity contribution in [3.63, 3.8) is 0 Å². The Morgan fingerprint density at radius 2 is 1.59 bits per heavy atom. The molecular formula is C15H20OS. The summed E-state index contributed by atoms with van der Waals surface area (Å²) in [6.45, 7) is 7.71. The molecule has 0 aliphatic carbocycles. The molecule has 0 aromatic heterocycles. The molecule has 0 heterocycles.